The van der Waals surface area contributed by atoms with E-state index in [1.807, 2.05) is 24.3 Å². The second-order valence-electron chi connectivity index (χ2n) is 7.75. The quantitative estimate of drug-likeness (QED) is 0.336. The van der Waals surface area contributed by atoms with Gasteiger partial charge in [0.25, 0.3) is 0 Å². The number of benzene rings is 3. The van der Waals surface area contributed by atoms with Gasteiger partial charge in [-0.25, -0.2) is 4.99 Å². The van der Waals surface area contributed by atoms with Crippen molar-refractivity contribution in [2.75, 3.05) is 11.9 Å². The van der Waals surface area contributed by atoms with Crippen LogP contribution in [-0.2, 0) is 16.0 Å². The molecular weight excluding hydrogens is 548 g/mol. The van der Waals surface area contributed by atoms with Crippen LogP contribution >= 0.6 is 58.2 Å². The summed E-state index contributed by atoms with van der Waals surface area (Å²) in [5.74, 6) is -0.527. The van der Waals surface area contributed by atoms with Crippen molar-refractivity contribution in [2.24, 2.45) is 4.99 Å². The van der Waals surface area contributed by atoms with Gasteiger partial charge < -0.3 is 5.32 Å². The fourth-order valence-corrected chi connectivity index (χ4v) is 5.42. The predicted octanol–water partition coefficient (Wildman–Crippen LogP) is 7.50. The third-order valence-corrected chi connectivity index (χ3v) is 7.24. The average Bonchev–Trinajstić information content (AvgIpc) is 2.79. The minimum atomic E-state index is -0.676. The molecule has 1 saturated heterocycles. The molecule has 1 fully saturated rings. The summed E-state index contributed by atoms with van der Waals surface area (Å²) in [5.41, 5.74) is 2.08. The van der Waals surface area contributed by atoms with Crippen LogP contribution in [0.3, 0.4) is 0 Å². The van der Waals surface area contributed by atoms with E-state index in [0.717, 1.165) is 5.56 Å². The molecule has 0 aliphatic carbocycles. The fourth-order valence-electron chi connectivity index (χ4n) is 3.46. The van der Waals surface area contributed by atoms with Gasteiger partial charge in [0, 0.05) is 38.7 Å². The van der Waals surface area contributed by atoms with Gasteiger partial charge in [0.05, 0.1) is 5.69 Å². The highest BCUT2D eigenvalue weighted by Crippen LogP contribution is 2.31. The van der Waals surface area contributed by atoms with Crippen LogP contribution < -0.4 is 5.32 Å². The fraction of sp³-hybridized carbons (Fsp3) is 0.160. The molecule has 0 radical (unpaired) electrons. The second-order valence-corrected chi connectivity index (χ2v) is 10.7. The van der Waals surface area contributed by atoms with Gasteiger partial charge in [-0.2, -0.15) is 0 Å². The van der Waals surface area contributed by atoms with E-state index >= 15 is 0 Å². The highest BCUT2D eigenvalue weighted by molar-refractivity contribution is 8.15. The van der Waals surface area contributed by atoms with Crippen molar-refractivity contribution in [3.8, 4) is 0 Å². The van der Waals surface area contributed by atoms with Crippen LogP contribution in [0.15, 0.2) is 71.7 Å². The first kappa shape index (κ1) is 25.9. The zero-order valence-electron chi connectivity index (χ0n) is 18.2. The van der Waals surface area contributed by atoms with Crippen molar-refractivity contribution in [3.63, 3.8) is 0 Å². The maximum Gasteiger partial charge on any atom is 0.238 e. The molecule has 10 heteroatoms. The molecule has 1 heterocycles. The topological polar surface area (TPSA) is 61.8 Å². The predicted molar refractivity (Wildman–Crippen MR) is 147 cm³/mol. The molecule has 0 bridgehead atoms. The van der Waals surface area contributed by atoms with Gasteiger partial charge in [-0.1, -0.05) is 76.4 Å². The van der Waals surface area contributed by atoms with Crippen LogP contribution in [0.5, 0.6) is 0 Å². The molecule has 1 unspecified atom stereocenters. The molecule has 1 N–H and O–H groups in total. The smallest absolute Gasteiger partial charge is 0.238 e. The summed E-state index contributed by atoms with van der Waals surface area (Å²) < 4.78 is 0. The number of hydrogen-bond acceptors (Lipinski definition) is 4. The molecule has 1 atom stereocenters. The molecule has 0 spiro atoms. The van der Waals surface area contributed by atoms with Crippen LogP contribution in [-0.4, -0.2) is 33.7 Å². The summed E-state index contributed by atoms with van der Waals surface area (Å²) in [6.45, 7) is 0.408. The second kappa shape index (κ2) is 11.7. The van der Waals surface area contributed by atoms with E-state index < -0.39 is 5.25 Å². The number of amidine groups is 1. The van der Waals surface area contributed by atoms with Crippen molar-refractivity contribution in [1.29, 1.82) is 0 Å². The largest absolute Gasteiger partial charge is 0.325 e. The lowest BCUT2D eigenvalue weighted by atomic mass is 10.1. The molecule has 5 nitrogen and oxygen atoms in total. The van der Waals surface area contributed by atoms with Crippen molar-refractivity contribution < 1.29 is 9.59 Å². The summed E-state index contributed by atoms with van der Waals surface area (Å²) >= 11 is 25.4. The van der Waals surface area contributed by atoms with Gasteiger partial charge in [-0.3, -0.25) is 14.5 Å². The molecule has 4 rings (SSSR count). The first-order valence-corrected chi connectivity index (χ1v) is 13.0. The van der Waals surface area contributed by atoms with E-state index in [1.54, 1.807) is 47.4 Å². The number of carbonyl (C=O) groups is 2. The molecule has 3 aromatic rings. The number of hydrogen-bond donors (Lipinski definition) is 1. The lowest BCUT2D eigenvalue weighted by molar-refractivity contribution is -0.129. The summed E-state index contributed by atoms with van der Waals surface area (Å²) in [7, 11) is 0. The number of nitrogens with zero attached hydrogens (tertiary/aromatic N) is 2. The van der Waals surface area contributed by atoms with Crippen LogP contribution in [0.4, 0.5) is 11.4 Å². The van der Waals surface area contributed by atoms with Crippen molar-refractivity contribution in [3.05, 3.63) is 92.4 Å². The Kier molecular flexibility index (Phi) is 8.63. The standard InChI is InChI=1S/C25H19Cl4N3O2S/c26-16-6-4-15(5-7-16)8-9-32-23(33)14-22(24(34)30-21-12-18(28)10-19(29)13-21)35-25(32)31-20-3-1-2-17(27)11-20/h1-7,10-13,22H,8-9,14H2,(H,30,34). The summed E-state index contributed by atoms with van der Waals surface area (Å²) in [5, 5.41) is 4.53. The molecule has 35 heavy (non-hydrogen) atoms. The van der Waals surface area contributed by atoms with E-state index in [1.165, 1.54) is 11.8 Å². The summed E-state index contributed by atoms with van der Waals surface area (Å²) in [6.07, 6.45) is 0.635. The Morgan fingerprint density at radius 3 is 2.34 bits per heavy atom. The van der Waals surface area contributed by atoms with Gasteiger partial charge in [0.2, 0.25) is 11.8 Å². The molecule has 1 aliphatic heterocycles. The lowest BCUT2D eigenvalue weighted by Gasteiger charge is -2.32. The van der Waals surface area contributed by atoms with Gasteiger partial charge in [0.15, 0.2) is 5.17 Å². The maximum atomic E-state index is 13.2. The highest BCUT2D eigenvalue weighted by atomic mass is 35.5. The van der Waals surface area contributed by atoms with E-state index in [2.05, 4.69) is 10.3 Å². The number of aliphatic imine (C=N–C) groups is 1. The number of rotatable bonds is 6. The number of nitrogens with one attached hydrogen (secondary N) is 1. The van der Waals surface area contributed by atoms with Crippen LogP contribution in [0.2, 0.25) is 20.1 Å². The molecule has 180 valence electrons. The summed E-state index contributed by atoms with van der Waals surface area (Å²) in [6, 6.07) is 19.3. The zero-order valence-corrected chi connectivity index (χ0v) is 22.0. The Labute approximate surface area is 227 Å². The number of carbonyl (C=O) groups excluding carboxylic acids is 2. The SMILES string of the molecule is O=C(Nc1cc(Cl)cc(Cl)c1)C1CC(=O)N(CCc2ccc(Cl)cc2)C(=Nc2cccc(Cl)c2)S1. The molecule has 0 aromatic heterocycles. The first-order valence-electron chi connectivity index (χ1n) is 10.6. The van der Waals surface area contributed by atoms with Crippen molar-refractivity contribution >= 4 is 86.5 Å². The number of thioether (sulfide) groups is 1. The average molecular weight is 567 g/mol. The van der Waals surface area contributed by atoms with E-state index in [9.17, 15) is 9.59 Å². The monoisotopic (exact) mass is 565 g/mol. The molecule has 0 saturated carbocycles. The van der Waals surface area contributed by atoms with Crippen LogP contribution in [0.1, 0.15) is 12.0 Å². The van der Waals surface area contributed by atoms with Crippen molar-refractivity contribution in [2.45, 2.75) is 18.1 Å². The lowest BCUT2D eigenvalue weighted by Crippen LogP contribution is -2.46. The summed E-state index contributed by atoms with van der Waals surface area (Å²) in [4.78, 5) is 32.5. The van der Waals surface area contributed by atoms with Gasteiger partial charge in [0.1, 0.15) is 5.25 Å². The van der Waals surface area contributed by atoms with E-state index in [0.29, 0.717) is 49.6 Å². The number of halogens is 4. The van der Waals surface area contributed by atoms with E-state index in [4.69, 9.17) is 46.4 Å². The minimum absolute atomic E-state index is 0.0278. The van der Waals surface area contributed by atoms with Crippen LogP contribution in [0.25, 0.3) is 0 Å². The number of amides is 2. The van der Waals surface area contributed by atoms with Gasteiger partial charge in [-0.15, -0.1) is 0 Å². The Balaban J connectivity index is 1.56. The highest BCUT2D eigenvalue weighted by Gasteiger charge is 2.35. The van der Waals surface area contributed by atoms with Crippen LogP contribution in [0, 0.1) is 0 Å². The third kappa shape index (κ3) is 7.15. The normalized spacial score (nSPS) is 17.0. The molecule has 2 amide bonds. The Morgan fingerprint density at radius 2 is 1.66 bits per heavy atom. The first-order chi connectivity index (χ1) is 16.8. The molecular formula is C25H19Cl4N3O2S. The van der Waals surface area contributed by atoms with E-state index in [-0.39, 0.29) is 18.2 Å². The minimum Gasteiger partial charge on any atom is -0.325 e. The Hall–Kier alpha value is -2.22. The Bertz CT molecular complexity index is 1260. The Morgan fingerprint density at radius 1 is 0.943 bits per heavy atom. The van der Waals surface area contributed by atoms with Gasteiger partial charge in [-0.05, 0) is 60.5 Å². The van der Waals surface area contributed by atoms with Gasteiger partial charge >= 0.3 is 0 Å². The third-order valence-electron chi connectivity index (χ3n) is 5.13. The molecule has 1 aliphatic rings. The maximum absolute atomic E-state index is 13.2. The number of anilines is 1. The molecule has 3 aromatic carbocycles. The van der Waals surface area contributed by atoms with Crippen molar-refractivity contribution in [1.82, 2.24) is 4.90 Å². The zero-order chi connectivity index (χ0) is 24.9.